The summed E-state index contributed by atoms with van der Waals surface area (Å²) in [6.07, 6.45) is -1.21. The van der Waals surface area contributed by atoms with Gasteiger partial charge in [0.2, 0.25) is 11.7 Å². The molecule has 0 bridgehead atoms. The van der Waals surface area contributed by atoms with Crippen molar-refractivity contribution < 1.29 is 58.5 Å². The van der Waals surface area contributed by atoms with Gasteiger partial charge in [-0.15, -0.1) is 0 Å². The molecule has 0 saturated carbocycles. The Kier molecular flexibility index (Phi) is 10.8. The van der Waals surface area contributed by atoms with E-state index in [9.17, 15) is 34.8 Å². The zero-order valence-corrected chi connectivity index (χ0v) is 28.8. The van der Waals surface area contributed by atoms with Crippen LogP contribution in [0.4, 0.5) is 0 Å². The third-order valence-corrected chi connectivity index (χ3v) is 10.0. The first kappa shape index (κ1) is 36.8. The Balaban J connectivity index is 1.40. The summed E-state index contributed by atoms with van der Waals surface area (Å²) in [6.45, 7) is 3.37. The number of rotatable bonds is 10. The molecule has 2 aromatic carbocycles. The van der Waals surface area contributed by atoms with Gasteiger partial charge in [0.05, 0.1) is 48.3 Å². The highest BCUT2D eigenvalue weighted by Gasteiger charge is 2.50. The fourth-order valence-electron chi connectivity index (χ4n) is 7.51. The highest BCUT2D eigenvalue weighted by atomic mass is 16.7. The number of methoxy groups -OCH3 is 1. The molecule has 0 radical (unpaired) electrons. The number of aromatic hydroxyl groups is 2. The fourth-order valence-corrected chi connectivity index (χ4v) is 7.51. The van der Waals surface area contributed by atoms with Crippen molar-refractivity contribution >= 4 is 23.2 Å². The number of phenols is 2. The topological polar surface area (TPSA) is 229 Å². The molecule has 0 unspecified atom stereocenters. The maximum atomic E-state index is 14.0. The van der Waals surface area contributed by atoms with Gasteiger partial charge in [-0.1, -0.05) is 19.1 Å². The Morgan fingerprint density at radius 1 is 1.10 bits per heavy atom. The van der Waals surface area contributed by atoms with Gasteiger partial charge in [-0.3, -0.25) is 14.4 Å². The Labute approximate surface area is 294 Å². The fraction of sp³-hybridized carbons (Fsp3) is 0.556. The normalized spacial score (nSPS) is 29.2. The van der Waals surface area contributed by atoms with E-state index in [1.807, 2.05) is 0 Å². The maximum absolute atomic E-state index is 14.0. The van der Waals surface area contributed by atoms with Crippen LogP contribution in [-0.4, -0.2) is 100 Å². The predicted octanol–water partition coefficient (Wildman–Crippen LogP) is 2.26. The number of ketones is 2. The lowest BCUT2D eigenvalue weighted by Crippen LogP contribution is -2.55. The van der Waals surface area contributed by atoms with Crippen LogP contribution in [0.5, 0.6) is 17.2 Å². The minimum absolute atomic E-state index is 0.0365. The monoisotopic (exact) mass is 711 g/mol. The lowest BCUT2D eigenvalue weighted by Gasteiger charge is -2.44. The molecule has 2 aliphatic heterocycles. The van der Waals surface area contributed by atoms with Crippen molar-refractivity contribution in [2.45, 2.75) is 108 Å². The van der Waals surface area contributed by atoms with Gasteiger partial charge in [-0.25, -0.2) is 5.43 Å². The van der Waals surface area contributed by atoms with Crippen LogP contribution < -0.4 is 15.9 Å². The second-order valence-electron chi connectivity index (χ2n) is 13.5. The summed E-state index contributed by atoms with van der Waals surface area (Å²) in [5.74, 6) is -3.11. The summed E-state index contributed by atoms with van der Waals surface area (Å²) < 4.78 is 29.9. The molecule has 2 aromatic rings. The number of nitrogens with one attached hydrogen (secondary N) is 1. The molecule has 0 spiro atoms. The van der Waals surface area contributed by atoms with Gasteiger partial charge in [0.1, 0.15) is 29.0 Å². The molecular weight excluding hydrogens is 666 g/mol. The van der Waals surface area contributed by atoms with E-state index < -0.39 is 95.7 Å². The summed E-state index contributed by atoms with van der Waals surface area (Å²) in [5, 5.41) is 50.2. The molecule has 7 N–H and O–H groups in total. The third kappa shape index (κ3) is 6.87. The largest absolute Gasteiger partial charge is 0.507 e. The Bertz CT molecular complexity index is 1710. The lowest BCUT2D eigenvalue weighted by molar-refractivity contribution is -0.280. The first-order valence-electron chi connectivity index (χ1n) is 17.3. The minimum Gasteiger partial charge on any atom is -0.507 e. The van der Waals surface area contributed by atoms with Crippen molar-refractivity contribution in [3.63, 3.8) is 0 Å². The number of hydrogen-bond acceptors (Lipinski definition) is 14. The molecule has 7 atom stereocenters. The van der Waals surface area contributed by atoms with Crippen LogP contribution in [0.2, 0.25) is 0 Å². The van der Waals surface area contributed by atoms with E-state index in [1.54, 1.807) is 13.8 Å². The van der Waals surface area contributed by atoms with Crippen LogP contribution >= 0.6 is 0 Å². The van der Waals surface area contributed by atoms with Crippen molar-refractivity contribution in [1.29, 1.82) is 0 Å². The van der Waals surface area contributed by atoms with Gasteiger partial charge in [-0.2, -0.15) is 5.10 Å². The number of ether oxygens (including phenoxy) is 5. The standard InChI is InChI=1S/C36H45N3O12/c1-4-8-24(41)39-38-23(16-40)36(46)14-19-28(22(15-36)50-26-13-20(37)35(17(2)49-26)51-25-11-5-6-12-48-25)34(45)30-29(32(19)43)31(42)18-9-7-10-21(47-3)27(18)33(30)44/h7,9-10,17,20,22,25-26,35,40,43,45-46H,4-6,8,11-16,37H2,1-3H3,(H,39,41)/b38-23+/t17-,20-,22-,25+,26-,35+,36-/m0/s1. The molecule has 2 heterocycles. The van der Waals surface area contributed by atoms with Gasteiger partial charge < -0.3 is 49.8 Å². The van der Waals surface area contributed by atoms with Crippen molar-refractivity contribution in [3.05, 3.63) is 51.6 Å². The number of phenolic OH excluding ortho intramolecular Hbond substituents is 2. The summed E-state index contributed by atoms with van der Waals surface area (Å²) in [7, 11) is 1.34. The maximum Gasteiger partial charge on any atom is 0.240 e. The Hall–Kier alpha value is -3.96. The Morgan fingerprint density at radius 2 is 1.86 bits per heavy atom. The predicted molar refractivity (Wildman–Crippen MR) is 180 cm³/mol. The molecule has 51 heavy (non-hydrogen) atoms. The number of aliphatic hydroxyl groups is 2. The second kappa shape index (κ2) is 14.9. The molecule has 0 aromatic heterocycles. The van der Waals surface area contributed by atoms with Crippen LogP contribution in [0, 0.1) is 0 Å². The van der Waals surface area contributed by atoms with Gasteiger partial charge in [0.25, 0.3) is 0 Å². The van der Waals surface area contributed by atoms with E-state index >= 15 is 0 Å². The molecule has 4 aliphatic rings. The average molecular weight is 712 g/mol. The molecule has 2 fully saturated rings. The summed E-state index contributed by atoms with van der Waals surface area (Å²) in [5.41, 5.74) is 5.43. The first-order valence-corrected chi connectivity index (χ1v) is 17.3. The van der Waals surface area contributed by atoms with Crippen molar-refractivity contribution in [2.24, 2.45) is 10.8 Å². The summed E-state index contributed by atoms with van der Waals surface area (Å²) in [6, 6.07) is 3.88. The van der Waals surface area contributed by atoms with Gasteiger partial charge in [0, 0.05) is 55.0 Å². The van der Waals surface area contributed by atoms with E-state index in [0.29, 0.717) is 13.0 Å². The zero-order chi connectivity index (χ0) is 36.6. The van der Waals surface area contributed by atoms with Gasteiger partial charge in [-0.05, 0) is 38.7 Å². The van der Waals surface area contributed by atoms with Crippen molar-refractivity contribution in [2.75, 3.05) is 20.3 Å². The molecule has 276 valence electrons. The van der Waals surface area contributed by atoms with Crippen LogP contribution in [-0.2, 0) is 30.2 Å². The number of amides is 1. The number of aliphatic hydroxyl groups excluding tert-OH is 1. The molecular formula is C36H45N3O12. The highest BCUT2D eigenvalue weighted by molar-refractivity contribution is 6.31. The number of fused-ring (bicyclic) bond motifs is 3. The van der Waals surface area contributed by atoms with E-state index in [-0.39, 0.29) is 53.0 Å². The molecule has 6 rings (SSSR count). The SMILES string of the molecule is CCCC(=O)N/N=C(\CO)[C@]1(O)Cc2c(O)c3c(c(O)c2[C@@H](O[C@H]2C[C@H](N)[C@H](O[C@@H]4CCCCO4)[C@H](C)O2)C1)C(=O)c1c(OC)cccc1C3=O. The molecule has 2 saturated heterocycles. The van der Waals surface area contributed by atoms with Crippen LogP contribution in [0.25, 0.3) is 0 Å². The van der Waals surface area contributed by atoms with Gasteiger partial charge in [0.15, 0.2) is 18.4 Å². The second-order valence-corrected chi connectivity index (χ2v) is 13.5. The van der Waals surface area contributed by atoms with E-state index in [4.69, 9.17) is 29.4 Å². The van der Waals surface area contributed by atoms with Crippen molar-refractivity contribution in [1.82, 2.24) is 5.43 Å². The van der Waals surface area contributed by atoms with Gasteiger partial charge >= 0.3 is 0 Å². The van der Waals surface area contributed by atoms with E-state index in [0.717, 1.165) is 19.3 Å². The molecule has 1 amide bonds. The van der Waals surface area contributed by atoms with Crippen LogP contribution in [0.15, 0.2) is 23.3 Å². The average Bonchev–Trinajstić information content (AvgIpc) is 3.10. The van der Waals surface area contributed by atoms with Crippen molar-refractivity contribution in [3.8, 4) is 17.2 Å². The molecule has 15 heteroatoms. The minimum atomic E-state index is -2.07. The number of nitrogens with zero attached hydrogens (tertiary/aromatic N) is 1. The number of carbonyl (C=O) groups is 3. The smallest absolute Gasteiger partial charge is 0.240 e. The molecule has 2 aliphatic carbocycles. The number of hydrazone groups is 1. The molecule has 15 nitrogen and oxygen atoms in total. The third-order valence-electron chi connectivity index (χ3n) is 10.0. The highest BCUT2D eigenvalue weighted by Crippen LogP contribution is 2.52. The number of carbonyl (C=O) groups excluding carboxylic acids is 3. The summed E-state index contributed by atoms with van der Waals surface area (Å²) in [4.78, 5) is 40.1. The number of benzene rings is 2. The van der Waals surface area contributed by atoms with Crippen LogP contribution in [0.1, 0.15) is 108 Å². The number of nitrogens with two attached hydrogens (primary N) is 1. The zero-order valence-electron chi connectivity index (χ0n) is 28.8. The number of hydrogen-bond donors (Lipinski definition) is 6. The van der Waals surface area contributed by atoms with E-state index in [1.165, 1.54) is 25.3 Å². The quantitative estimate of drug-likeness (QED) is 0.101. The van der Waals surface area contributed by atoms with E-state index in [2.05, 4.69) is 10.5 Å². The Morgan fingerprint density at radius 3 is 2.53 bits per heavy atom. The summed E-state index contributed by atoms with van der Waals surface area (Å²) >= 11 is 0. The lowest BCUT2D eigenvalue weighted by atomic mass is 9.71. The first-order chi connectivity index (χ1) is 24.4. The van der Waals surface area contributed by atoms with Crippen LogP contribution in [0.3, 0.4) is 0 Å².